The zero-order valence-electron chi connectivity index (χ0n) is 7.00. The van der Waals surface area contributed by atoms with Crippen LogP contribution in [0.5, 0.6) is 0 Å². The maximum absolute atomic E-state index is 12.7. The zero-order chi connectivity index (χ0) is 9.84. The highest BCUT2D eigenvalue weighted by atomic mass is 35.5. The van der Waals surface area contributed by atoms with E-state index >= 15 is 0 Å². The van der Waals surface area contributed by atoms with Crippen LogP contribution < -0.4 is 5.73 Å². The molecule has 4 heteroatoms. The minimum Gasteiger partial charge on any atom is -0.395 e. The summed E-state index contributed by atoms with van der Waals surface area (Å²) in [4.78, 5) is 0. The van der Waals surface area contributed by atoms with E-state index < -0.39 is 0 Å². The van der Waals surface area contributed by atoms with Gasteiger partial charge in [0, 0.05) is 11.1 Å². The summed E-state index contributed by atoms with van der Waals surface area (Å²) in [5, 5.41) is 9.17. The van der Waals surface area contributed by atoms with Gasteiger partial charge >= 0.3 is 0 Å². The van der Waals surface area contributed by atoms with Crippen molar-refractivity contribution in [2.24, 2.45) is 5.73 Å². The van der Waals surface area contributed by atoms with Crippen LogP contribution in [0.2, 0.25) is 5.02 Å². The van der Waals surface area contributed by atoms with Gasteiger partial charge in [-0.2, -0.15) is 0 Å². The third kappa shape index (κ3) is 2.95. The van der Waals surface area contributed by atoms with E-state index in [1.807, 2.05) is 0 Å². The standard InChI is InChI=1S/C9H11ClFNO/c10-9-2-1-7(11)3-6(9)4-8(12)5-13/h1-3,8,13H,4-5,12H2. The van der Waals surface area contributed by atoms with Crippen LogP contribution in [0.1, 0.15) is 5.56 Å². The summed E-state index contributed by atoms with van der Waals surface area (Å²) in [5.74, 6) is -0.343. The molecule has 13 heavy (non-hydrogen) atoms. The minimum atomic E-state index is -0.390. The molecule has 1 unspecified atom stereocenters. The van der Waals surface area contributed by atoms with Crippen molar-refractivity contribution in [3.05, 3.63) is 34.6 Å². The van der Waals surface area contributed by atoms with Crippen LogP contribution in [0.4, 0.5) is 4.39 Å². The number of hydrogen-bond acceptors (Lipinski definition) is 2. The topological polar surface area (TPSA) is 46.2 Å². The Morgan fingerprint density at radius 3 is 2.85 bits per heavy atom. The lowest BCUT2D eigenvalue weighted by Crippen LogP contribution is -2.26. The second kappa shape index (κ2) is 4.56. The number of nitrogens with two attached hydrogens (primary N) is 1. The normalized spacial score (nSPS) is 12.9. The first-order chi connectivity index (χ1) is 6.13. The maximum Gasteiger partial charge on any atom is 0.123 e. The van der Waals surface area contributed by atoms with E-state index in [2.05, 4.69) is 0 Å². The van der Waals surface area contributed by atoms with Gasteiger partial charge in [0.05, 0.1) is 6.61 Å². The highest BCUT2D eigenvalue weighted by Crippen LogP contribution is 2.18. The zero-order valence-corrected chi connectivity index (χ0v) is 7.76. The summed E-state index contributed by atoms with van der Waals surface area (Å²) >= 11 is 5.79. The summed E-state index contributed by atoms with van der Waals surface area (Å²) in [5.41, 5.74) is 6.12. The molecule has 0 amide bonds. The van der Waals surface area contributed by atoms with Gasteiger partial charge in [0.1, 0.15) is 5.82 Å². The molecular weight excluding hydrogens is 193 g/mol. The number of rotatable bonds is 3. The number of hydrogen-bond donors (Lipinski definition) is 2. The molecule has 0 heterocycles. The first-order valence-electron chi connectivity index (χ1n) is 3.94. The third-order valence-electron chi connectivity index (χ3n) is 1.72. The molecule has 0 spiro atoms. The average molecular weight is 204 g/mol. The predicted octanol–water partition coefficient (Wildman–Crippen LogP) is 1.34. The fourth-order valence-corrected chi connectivity index (χ4v) is 1.24. The molecular formula is C9H11ClFNO. The quantitative estimate of drug-likeness (QED) is 0.779. The number of aliphatic hydroxyl groups is 1. The van der Waals surface area contributed by atoms with Gasteiger partial charge in [0.2, 0.25) is 0 Å². The Kier molecular flexibility index (Phi) is 3.66. The second-order valence-corrected chi connectivity index (χ2v) is 3.29. The minimum absolute atomic E-state index is 0.132. The molecule has 1 aromatic rings. The van der Waals surface area contributed by atoms with Crippen molar-refractivity contribution in [1.29, 1.82) is 0 Å². The molecule has 3 N–H and O–H groups in total. The molecule has 0 fully saturated rings. The molecule has 0 radical (unpaired) electrons. The first kappa shape index (κ1) is 10.4. The Morgan fingerprint density at radius 2 is 2.23 bits per heavy atom. The summed E-state index contributed by atoms with van der Waals surface area (Å²) in [7, 11) is 0. The van der Waals surface area contributed by atoms with Gasteiger partial charge in [-0.15, -0.1) is 0 Å². The molecule has 0 aliphatic rings. The van der Waals surface area contributed by atoms with E-state index in [1.54, 1.807) is 0 Å². The molecule has 1 rings (SSSR count). The van der Waals surface area contributed by atoms with E-state index in [1.165, 1.54) is 18.2 Å². The lowest BCUT2D eigenvalue weighted by atomic mass is 10.1. The molecule has 0 aliphatic heterocycles. The fourth-order valence-electron chi connectivity index (χ4n) is 1.05. The Labute approximate surface area is 81.1 Å². The smallest absolute Gasteiger partial charge is 0.123 e. The SMILES string of the molecule is NC(CO)Cc1cc(F)ccc1Cl. The van der Waals surface area contributed by atoms with Gasteiger partial charge in [-0.1, -0.05) is 11.6 Å². The number of halogens is 2. The van der Waals surface area contributed by atoms with Crippen molar-refractivity contribution in [2.75, 3.05) is 6.61 Å². The van der Waals surface area contributed by atoms with Gasteiger partial charge in [0.25, 0.3) is 0 Å². The van der Waals surface area contributed by atoms with Crippen molar-refractivity contribution >= 4 is 11.6 Å². The average Bonchev–Trinajstić information content (AvgIpc) is 2.11. The molecule has 72 valence electrons. The van der Waals surface area contributed by atoms with Crippen molar-refractivity contribution in [3.8, 4) is 0 Å². The van der Waals surface area contributed by atoms with E-state index in [4.69, 9.17) is 22.4 Å². The molecule has 1 aromatic carbocycles. The highest BCUT2D eigenvalue weighted by Gasteiger charge is 2.06. The Bertz CT molecular complexity index is 293. The van der Waals surface area contributed by atoms with Gasteiger partial charge < -0.3 is 10.8 Å². The molecule has 1 atom stereocenters. The van der Waals surface area contributed by atoms with Crippen molar-refractivity contribution in [1.82, 2.24) is 0 Å². The molecule has 0 saturated carbocycles. The van der Waals surface area contributed by atoms with Crippen molar-refractivity contribution < 1.29 is 9.50 Å². The largest absolute Gasteiger partial charge is 0.395 e. The van der Waals surface area contributed by atoms with Crippen LogP contribution in [0.3, 0.4) is 0 Å². The Balaban J connectivity index is 2.81. The van der Waals surface area contributed by atoms with Crippen molar-refractivity contribution in [2.45, 2.75) is 12.5 Å². The molecule has 0 aromatic heterocycles. The molecule has 0 saturated heterocycles. The van der Waals surface area contributed by atoms with Crippen LogP contribution in [-0.2, 0) is 6.42 Å². The van der Waals surface area contributed by atoms with E-state index in [-0.39, 0.29) is 18.5 Å². The lowest BCUT2D eigenvalue weighted by Gasteiger charge is -2.09. The Hall–Kier alpha value is -0.640. The summed E-state index contributed by atoms with van der Waals surface area (Å²) in [6.45, 7) is -0.132. The second-order valence-electron chi connectivity index (χ2n) is 2.88. The lowest BCUT2D eigenvalue weighted by molar-refractivity contribution is 0.265. The summed E-state index contributed by atoms with van der Waals surface area (Å²) in [6.07, 6.45) is 0.382. The van der Waals surface area contributed by atoms with Gasteiger partial charge in [-0.05, 0) is 30.2 Å². The molecule has 0 aliphatic carbocycles. The summed E-state index contributed by atoms with van der Waals surface area (Å²) in [6, 6.07) is 3.71. The fraction of sp³-hybridized carbons (Fsp3) is 0.333. The van der Waals surface area contributed by atoms with Gasteiger partial charge in [-0.3, -0.25) is 0 Å². The molecule has 2 nitrogen and oxygen atoms in total. The van der Waals surface area contributed by atoms with Gasteiger partial charge in [0.15, 0.2) is 0 Å². The third-order valence-corrected chi connectivity index (χ3v) is 2.09. The first-order valence-corrected chi connectivity index (χ1v) is 4.31. The van der Waals surface area contributed by atoms with Crippen LogP contribution in [0.15, 0.2) is 18.2 Å². The monoisotopic (exact) mass is 203 g/mol. The van der Waals surface area contributed by atoms with E-state index in [9.17, 15) is 4.39 Å². The van der Waals surface area contributed by atoms with E-state index in [0.717, 1.165) is 0 Å². The van der Waals surface area contributed by atoms with Crippen LogP contribution in [0.25, 0.3) is 0 Å². The number of benzene rings is 1. The van der Waals surface area contributed by atoms with Gasteiger partial charge in [-0.25, -0.2) is 4.39 Å². The Morgan fingerprint density at radius 1 is 1.54 bits per heavy atom. The maximum atomic E-state index is 12.7. The van der Waals surface area contributed by atoms with Crippen LogP contribution >= 0.6 is 11.6 Å². The van der Waals surface area contributed by atoms with E-state index in [0.29, 0.717) is 17.0 Å². The van der Waals surface area contributed by atoms with Crippen LogP contribution in [-0.4, -0.2) is 17.8 Å². The summed E-state index contributed by atoms with van der Waals surface area (Å²) < 4.78 is 12.7. The predicted molar refractivity (Wildman–Crippen MR) is 50.2 cm³/mol. The van der Waals surface area contributed by atoms with Crippen LogP contribution in [0, 0.1) is 5.82 Å². The van der Waals surface area contributed by atoms with Crippen molar-refractivity contribution in [3.63, 3.8) is 0 Å². The number of aliphatic hydroxyl groups excluding tert-OH is 1. The molecule has 0 bridgehead atoms. The highest BCUT2D eigenvalue weighted by molar-refractivity contribution is 6.31.